The van der Waals surface area contributed by atoms with Gasteiger partial charge in [-0.3, -0.25) is 0 Å². The number of carbonyl (C=O) groups is 1. The Morgan fingerprint density at radius 1 is 1.59 bits per heavy atom. The quantitative estimate of drug-likeness (QED) is 0.640. The fourth-order valence-corrected chi connectivity index (χ4v) is 2.18. The number of anilines is 1. The van der Waals surface area contributed by atoms with Crippen LogP contribution in [0, 0.1) is 0 Å². The van der Waals surface area contributed by atoms with E-state index in [1.54, 1.807) is 0 Å². The van der Waals surface area contributed by atoms with Crippen LogP contribution in [0.2, 0.25) is 5.15 Å². The average Bonchev–Trinajstić information content (AvgIpc) is 2.65. The lowest BCUT2D eigenvalue weighted by atomic mass is 10.5. The topological polar surface area (TPSA) is 60.5 Å². The Bertz CT molecular complexity index is 382. The first-order valence-corrected chi connectivity index (χ1v) is 6.34. The van der Waals surface area contributed by atoms with Crippen molar-refractivity contribution in [2.45, 2.75) is 20.0 Å². The molecule has 0 aliphatic heterocycles. The van der Waals surface area contributed by atoms with Crippen molar-refractivity contribution < 1.29 is 14.3 Å². The lowest BCUT2D eigenvalue weighted by Crippen LogP contribution is -2.12. The number of methoxy groups -OCH3 is 1. The van der Waals surface area contributed by atoms with Crippen LogP contribution in [0.1, 0.15) is 23.5 Å². The van der Waals surface area contributed by atoms with Gasteiger partial charge >= 0.3 is 5.97 Å². The maximum Gasteiger partial charge on any atom is 0.351 e. The van der Waals surface area contributed by atoms with Crippen molar-refractivity contribution >= 4 is 34.0 Å². The zero-order valence-electron chi connectivity index (χ0n) is 9.95. The van der Waals surface area contributed by atoms with E-state index in [9.17, 15) is 4.79 Å². The Morgan fingerprint density at radius 2 is 2.29 bits per heavy atom. The molecular formula is C10H15ClN2O3S. The smallest absolute Gasteiger partial charge is 0.351 e. The Hall–Kier alpha value is -0.850. The van der Waals surface area contributed by atoms with Crippen LogP contribution >= 0.6 is 22.9 Å². The average molecular weight is 279 g/mol. The highest BCUT2D eigenvalue weighted by molar-refractivity contribution is 7.18. The third-order valence-electron chi connectivity index (χ3n) is 1.79. The van der Waals surface area contributed by atoms with Gasteiger partial charge in [0.25, 0.3) is 0 Å². The molecule has 0 aromatic carbocycles. The van der Waals surface area contributed by atoms with Crippen LogP contribution in [0.4, 0.5) is 5.13 Å². The number of nitrogens with zero attached hydrogens (tertiary/aromatic N) is 1. The Balaban J connectivity index is 2.47. The Morgan fingerprint density at radius 3 is 2.88 bits per heavy atom. The maximum absolute atomic E-state index is 11.3. The molecule has 0 saturated carbocycles. The molecule has 1 aromatic rings. The van der Waals surface area contributed by atoms with E-state index in [1.165, 1.54) is 18.4 Å². The molecule has 0 saturated heterocycles. The molecule has 0 unspecified atom stereocenters. The summed E-state index contributed by atoms with van der Waals surface area (Å²) >= 11 is 6.98. The summed E-state index contributed by atoms with van der Waals surface area (Å²) in [6.07, 6.45) is 0.197. The first-order chi connectivity index (χ1) is 8.04. The number of thiazole rings is 1. The van der Waals surface area contributed by atoms with Gasteiger partial charge in [0.05, 0.1) is 19.8 Å². The molecule has 1 N–H and O–H groups in total. The molecule has 0 bridgehead atoms. The second-order valence-electron chi connectivity index (χ2n) is 3.48. The predicted octanol–water partition coefficient (Wildman–Crippen LogP) is 2.42. The van der Waals surface area contributed by atoms with E-state index >= 15 is 0 Å². The summed E-state index contributed by atoms with van der Waals surface area (Å²) in [5.41, 5.74) is 0. The molecule has 0 fully saturated rings. The fourth-order valence-electron chi connectivity index (χ4n) is 1.05. The largest absolute Gasteiger partial charge is 0.465 e. The summed E-state index contributed by atoms with van der Waals surface area (Å²) in [5, 5.41) is 3.78. The molecule has 5 nitrogen and oxygen atoms in total. The molecule has 1 rings (SSSR count). The second kappa shape index (κ2) is 6.78. The van der Waals surface area contributed by atoms with Gasteiger partial charge in [0, 0.05) is 6.54 Å². The number of ether oxygens (including phenoxy) is 2. The van der Waals surface area contributed by atoms with Gasteiger partial charge in [-0.05, 0) is 13.8 Å². The molecule has 0 radical (unpaired) electrons. The van der Waals surface area contributed by atoms with Crippen molar-refractivity contribution in [2.24, 2.45) is 0 Å². The third-order valence-corrected chi connectivity index (χ3v) is 3.16. The molecular weight excluding hydrogens is 264 g/mol. The van der Waals surface area contributed by atoms with Gasteiger partial charge in [-0.15, -0.1) is 0 Å². The summed E-state index contributed by atoms with van der Waals surface area (Å²) < 4.78 is 9.94. The molecule has 0 atom stereocenters. The summed E-state index contributed by atoms with van der Waals surface area (Å²) in [7, 11) is 1.31. The van der Waals surface area contributed by atoms with Crippen LogP contribution in [0.25, 0.3) is 0 Å². The van der Waals surface area contributed by atoms with Crippen molar-refractivity contribution in [1.29, 1.82) is 0 Å². The first kappa shape index (κ1) is 14.2. The highest BCUT2D eigenvalue weighted by Gasteiger charge is 2.16. The van der Waals surface area contributed by atoms with E-state index in [0.29, 0.717) is 23.2 Å². The number of halogens is 1. The molecule has 0 aliphatic rings. The van der Waals surface area contributed by atoms with Gasteiger partial charge in [-0.2, -0.15) is 0 Å². The SMILES string of the molecule is COC(=O)c1sc(NCCOC(C)C)nc1Cl. The fraction of sp³-hybridized carbons (Fsp3) is 0.600. The highest BCUT2D eigenvalue weighted by atomic mass is 35.5. The Labute approximate surface area is 109 Å². The van der Waals surface area contributed by atoms with Gasteiger partial charge in [0.1, 0.15) is 0 Å². The van der Waals surface area contributed by atoms with Gasteiger partial charge in [-0.25, -0.2) is 9.78 Å². The summed E-state index contributed by atoms with van der Waals surface area (Å²) in [4.78, 5) is 15.6. The number of carbonyl (C=O) groups excluding carboxylic acids is 1. The minimum atomic E-state index is -0.473. The normalized spacial score (nSPS) is 10.6. The number of aromatic nitrogens is 1. The van der Waals surface area contributed by atoms with E-state index in [4.69, 9.17) is 16.3 Å². The zero-order chi connectivity index (χ0) is 12.8. The first-order valence-electron chi connectivity index (χ1n) is 5.14. The van der Waals surface area contributed by atoms with Gasteiger partial charge in [-0.1, -0.05) is 22.9 Å². The van der Waals surface area contributed by atoms with Crippen LogP contribution in [-0.2, 0) is 9.47 Å². The van der Waals surface area contributed by atoms with Crippen molar-refractivity contribution in [1.82, 2.24) is 4.98 Å². The number of hydrogen-bond acceptors (Lipinski definition) is 6. The molecule has 1 heterocycles. The van der Waals surface area contributed by atoms with E-state index in [-0.39, 0.29) is 11.3 Å². The van der Waals surface area contributed by atoms with Gasteiger partial charge in [0.2, 0.25) is 0 Å². The third kappa shape index (κ3) is 4.49. The van der Waals surface area contributed by atoms with Crippen LogP contribution in [-0.4, -0.2) is 37.3 Å². The Kier molecular flexibility index (Phi) is 5.67. The summed E-state index contributed by atoms with van der Waals surface area (Å²) in [5.74, 6) is -0.473. The molecule has 96 valence electrons. The maximum atomic E-state index is 11.3. The number of esters is 1. The standard InChI is InChI=1S/C10H15ClN2O3S/c1-6(2)16-5-4-12-10-13-8(11)7(17-10)9(14)15-3/h6H,4-5H2,1-3H3,(H,12,13). The molecule has 7 heteroatoms. The van der Waals surface area contributed by atoms with Gasteiger partial charge < -0.3 is 14.8 Å². The van der Waals surface area contributed by atoms with E-state index < -0.39 is 5.97 Å². The zero-order valence-corrected chi connectivity index (χ0v) is 11.5. The van der Waals surface area contributed by atoms with Crippen molar-refractivity contribution in [3.05, 3.63) is 10.0 Å². The lowest BCUT2D eigenvalue weighted by Gasteiger charge is -2.07. The van der Waals surface area contributed by atoms with Gasteiger partial charge in [0.15, 0.2) is 15.2 Å². The van der Waals surface area contributed by atoms with E-state index in [2.05, 4.69) is 15.0 Å². The monoisotopic (exact) mass is 278 g/mol. The van der Waals surface area contributed by atoms with Crippen LogP contribution in [0.5, 0.6) is 0 Å². The number of hydrogen-bond donors (Lipinski definition) is 1. The molecule has 0 spiro atoms. The summed E-state index contributed by atoms with van der Waals surface area (Å²) in [6, 6.07) is 0. The van der Waals surface area contributed by atoms with E-state index in [0.717, 1.165) is 0 Å². The molecule has 0 aliphatic carbocycles. The minimum absolute atomic E-state index is 0.161. The molecule has 17 heavy (non-hydrogen) atoms. The van der Waals surface area contributed by atoms with Crippen molar-refractivity contribution in [3.63, 3.8) is 0 Å². The van der Waals surface area contributed by atoms with Crippen molar-refractivity contribution in [3.8, 4) is 0 Å². The lowest BCUT2D eigenvalue weighted by molar-refractivity contribution is 0.0606. The van der Waals surface area contributed by atoms with Crippen LogP contribution < -0.4 is 5.32 Å². The van der Waals surface area contributed by atoms with Crippen LogP contribution in [0.15, 0.2) is 0 Å². The van der Waals surface area contributed by atoms with E-state index in [1.807, 2.05) is 13.8 Å². The molecule has 1 aromatic heterocycles. The summed E-state index contributed by atoms with van der Waals surface area (Å²) in [6.45, 7) is 5.12. The van der Waals surface area contributed by atoms with Crippen LogP contribution in [0.3, 0.4) is 0 Å². The highest BCUT2D eigenvalue weighted by Crippen LogP contribution is 2.27. The molecule has 0 amide bonds. The minimum Gasteiger partial charge on any atom is -0.465 e. The predicted molar refractivity (Wildman–Crippen MR) is 68.0 cm³/mol. The number of rotatable bonds is 6. The number of nitrogens with one attached hydrogen (secondary N) is 1. The second-order valence-corrected chi connectivity index (χ2v) is 4.83. The van der Waals surface area contributed by atoms with Crippen molar-refractivity contribution in [2.75, 3.05) is 25.6 Å².